The number of aliphatic hydroxyl groups is 1. The van der Waals surface area contributed by atoms with Gasteiger partial charge in [0.25, 0.3) is 0 Å². The molecular weight excluding hydrogens is 410 g/mol. The lowest BCUT2D eigenvalue weighted by Crippen LogP contribution is -2.07. The van der Waals surface area contributed by atoms with Gasteiger partial charge in [0, 0.05) is 37.4 Å². The van der Waals surface area contributed by atoms with Crippen LogP contribution in [0.15, 0.2) is 79.1 Å². The van der Waals surface area contributed by atoms with E-state index in [2.05, 4.69) is 52.8 Å². The number of rotatable bonds is 8. The Kier molecular flexibility index (Phi) is 6.17. The molecule has 0 aliphatic rings. The van der Waals surface area contributed by atoms with Crippen LogP contribution in [-0.4, -0.2) is 31.6 Å². The van der Waals surface area contributed by atoms with Crippen molar-refractivity contribution in [3.05, 3.63) is 102 Å². The first-order valence-electron chi connectivity index (χ1n) is 11.2. The predicted octanol–water partition coefficient (Wildman–Crippen LogP) is 4.70. The third kappa shape index (κ3) is 4.96. The topological polar surface area (TPSA) is 83.8 Å². The minimum atomic E-state index is 0.114. The van der Waals surface area contributed by atoms with E-state index in [4.69, 9.17) is 15.0 Å². The van der Waals surface area contributed by atoms with E-state index in [1.807, 2.05) is 36.7 Å². The first kappa shape index (κ1) is 21.0. The number of anilines is 1. The second kappa shape index (κ2) is 9.71. The van der Waals surface area contributed by atoms with Gasteiger partial charge in [-0.2, -0.15) is 0 Å². The molecule has 5 aromatic rings. The molecule has 0 saturated carbocycles. The summed E-state index contributed by atoms with van der Waals surface area (Å²) in [5, 5.41) is 13.8. The summed E-state index contributed by atoms with van der Waals surface area (Å²) < 4.78 is 0. The molecule has 0 saturated heterocycles. The third-order valence-corrected chi connectivity index (χ3v) is 5.58. The Morgan fingerprint density at radius 2 is 1.70 bits per heavy atom. The summed E-state index contributed by atoms with van der Waals surface area (Å²) in [4.78, 5) is 18.6. The summed E-state index contributed by atoms with van der Waals surface area (Å²) in [5.74, 6) is 1.43. The van der Waals surface area contributed by atoms with Crippen molar-refractivity contribution in [1.29, 1.82) is 0 Å². The zero-order chi connectivity index (χ0) is 22.5. The van der Waals surface area contributed by atoms with Gasteiger partial charge in [0.2, 0.25) is 0 Å². The summed E-state index contributed by atoms with van der Waals surface area (Å²) in [6.45, 7) is 0.768. The van der Waals surface area contributed by atoms with E-state index in [0.29, 0.717) is 25.2 Å². The molecule has 3 aromatic heterocycles. The zero-order valence-electron chi connectivity index (χ0n) is 18.3. The van der Waals surface area contributed by atoms with Crippen LogP contribution in [0.5, 0.6) is 0 Å². The number of aliphatic hydroxyl groups excluding tert-OH is 1. The van der Waals surface area contributed by atoms with Crippen LogP contribution in [0.3, 0.4) is 0 Å². The van der Waals surface area contributed by atoms with E-state index in [0.717, 1.165) is 39.7 Å². The highest BCUT2D eigenvalue weighted by Gasteiger charge is 2.11. The van der Waals surface area contributed by atoms with Crippen molar-refractivity contribution in [2.45, 2.75) is 25.8 Å². The lowest BCUT2D eigenvalue weighted by molar-refractivity contribution is 0.287. The van der Waals surface area contributed by atoms with Crippen molar-refractivity contribution in [3.8, 4) is 0 Å². The van der Waals surface area contributed by atoms with Crippen LogP contribution < -0.4 is 5.32 Å². The van der Waals surface area contributed by atoms with Crippen molar-refractivity contribution in [1.82, 2.24) is 19.9 Å². The van der Waals surface area contributed by atoms with Crippen molar-refractivity contribution in [2.75, 3.05) is 11.9 Å². The summed E-state index contributed by atoms with van der Waals surface area (Å²) >= 11 is 0. The number of aromatic nitrogens is 4. The molecule has 0 bridgehead atoms. The largest absolute Gasteiger partial charge is 0.396 e. The molecule has 3 heterocycles. The lowest BCUT2D eigenvalue weighted by atomic mass is 10.0. The Balaban J connectivity index is 1.45. The van der Waals surface area contributed by atoms with E-state index >= 15 is 0 Å². The number of benzene rings is 2. The number of nitrogens with zero attached hydrogens (tertiary/aromatic N) is 4. The molecule has 2 aromatic carbocycles. The first-order valence-corrected chi connectivity index (χ1v) is 11.2. The monoisotopic (exact) mass is 435 g/mol. The Morgan fingerprint density at radius 3 is 2.58 bits per heavy atom. The van der Waals surface area contributed by atoms with Gasteiger partial charge in [0.1, 0.15) is 11.3 Å². The highest BCUT2D eigenvalue weighted by Crippen LogP contribution is 2.23. The molecule has 0 spiro atoms. The summed E-state index contributed by atoms with van der Waals surface area (Å²) in [7, 11) is 0. The number of nitrogens with one attached hydrogen (secondary N) is 1. The third-order valence-electron chi connectivity index (χ3n) is 5.58. The number of hydrogen-bond donors (Lipinski definition) is 2. The standard InChI is InChI=1S/C27H25N5O/c33-13-5-9-25-31-24-16-21(14-20-10-11-23-22(15-20)8-4-12-28-23)18-29-26(24)27(32-25)30-17-19-6-2-1-3-7-19/h1-4,6-8,10-12,15-16,18,33H,5,9,13-14,17H2,(H,30,31,32). The predicted molar refractivity (Wildman–Crippen MR) is 131 cm³/mol. The van der Waals surface area contributed by atoms with Gasteiger partial charge < -0.3 is 10.4 Å². The average Bonchev–Trinajstić information content (AvgIpc) is 2.86. The molecule has 0 aliphatic heterocycles. The molecule has 33 heavy (non-hydrogen) atoms. The maximum absolute atomic E-state index is 9.26. The Bertz CT molecular complexity index is 1390. The molecule has 5 rings (SSSR count). The van der Waals surface area contributed by atoms with Crippen LogP contribution in [0.2, 0.25) is 0 Å². The molecule has 0 fully saturated rings. The molecule has 0 unspecified atom stereocenters. The molecule has 6 heteroatoms. The van der Waals surface area contributed by atoms with Gasteiger partial charge in [-0.05, 0) is 53.8 Å². The van der Waals surface area contributed by atoms with Gasteiger partial charge >= 0.3 is 0 Å². The van der Waals surface area contributed by atoms with Crippen molar-refractivity contribution >= 4 is 27.8 Å². The van der Waals surface area contributed by atoms with Crippen LogP contribution >= 0.6 is 0 Å². The summed E-state index contributed by atoms with van der Waals surface area (Å²) in [5.41, 5.74) is 6.02. The summed E-state index contributed by atoms with van der Waals surface area (Å²) in [6.07, 6.45) is 5.72. The quantitative estimate of drug-likeness (QED) is 0.368. The molecule has 164 valence electrons. The zero-order valence-corrected chi connectivity index (χ0v) is 18.3. The van der Waals surface area contributed by atoms with E-state index in [1.165, 1.54) is 11.1 Å². The molecule has 0 atom stereocenters. The fourth-order valence-corrected chi connectivity index (χ4v) is 3.93. The van der Waals surface area contributed by atoms with Crippen LogP contribution in [0.4, 0.5) is 5.82 Å². The van der Waals surface area contributed by atoms with Crippen LogP contribution in [0, 0.1) is 0 Å². The van der Waals surface area contributed by atoms with E-state index in [1.54, 1.807) is 0 Å². The van der Waals surface area contributed by atoms with Crippen LogP contribution in [0.1, 0.15) is 28.9 Å². The number of fused-ring (bicyclic) bond motifs is 2. The van der Waals surface area contributed by atoms with E-state index in [9.17, 15) is 5.11 Å². The molecule has 0 radical (unpaired) electrons. The minimum absolute atomic E-state index is 0.114. The highest BCUT2D eigenvalue weighted by atomic mass is 16.2. The van der Waals surface area contributed by atoms with Crippen LogP contribution in [-0.2, 0) is 19.4 Å². The molecule has 0 amide bonds. The van der Waals surface area contributed by atoms with Crippen LogP contribution in [0.25, 0.3) is 21.9 Å². The second-order valence-electron chi connectivity index (χ2n) is 8.07. The maximum atomic E-state index is 9.26. The van der Waals surface area contributed by atoms with Gasteiger partial charge in [0.05, 0.1) is 11.0 Å². The summed E-state index contributed by atoms with van der Waals surface area (Å²) in [6, 6.07) is 22.7. The molecule has 2 N–H and O–H groups in total. The smallest absolute Gasteiger partial charge is 0.156 e. The number of pyridine rings is 2. The van der Waals surface area contributed by atoms with Gasteiger partial charge in [-0.25, -0.2) is 9.97 Å². The van der Waals surface area contributed by atoms with Gasteiger partial charge in [-0.3, -0.25) is 9.97 Å². The normalized spacial score (nSPS) is 11.2. The number of aryl methyl sites for hydroxylation is 1. The fraction of sp³-hybridized carbons (Fsp3) is 0.185. The Hall–Kier alpha value is -3.90. The minimum Gasteiger partial charge on any atom is -0.396 e. The van der Waals surface area contributed by atoms with Crippen molar-refractivity contribution in [2.24, 2.45) is 0 Å². The SMILES string of the molecule is OCCCc1nc(NCc2ccccc2)c2ncc(Cc3ccc4ncccc4c3)cc2n1. The average molecular weight is 436 g/mol. The Labute approximate surface area is 192 Å². The van der Waals surface area contributed by atoms with Crippen molar-refractivity contribution in [3.63, 3.8) is 0 Å². The lowest BCUT2D eigenvalue weighted by Gasteiger charge is -2.11. The fourth-order valence-electron chi connectivity index (χ4n) is 3.93. The van der Waals surface area contributed by atoms with E-state index < -0.39 is 0 Å². The van der Waals surface area contributed by atoms with Gasteiger partial charge in [-0.1, -0.05) is 42.5 Å². The second-order valence-corrected chi connectivity index (χ2v) is 8.07. The first-order chi connectivity index (χ1) is 16.3. The Morgan fingerprint density at radius 1 is 0.788 bits per heavy atom. The van der Waals surface area contributed by atoms with E-state index in [-0.39, 0.29) is 6.61 Å². The molecule has 0 aliphatic carbocycles. The van der Waals surface area contributed by atoms with Crippen molar-refractivity contribution < 1.29 is 5.11 Å². The molecule has 6 nitrogen and oxygen atoms in total. The number of hydrogen-bond acceptors (Lipinski definition) is 6. The van der Waals surface area contributed by atoms with Gasteiger partial charge in [-0.15, -0.1) is 0 Å². The molecular formula is C27H25N5O. The maximum Gasteiger partial charge on any atom is 0.156 e. The van der Waals surface area contributed by atoms with Gasteiger partial charge in [0.15, 0.2) is 5.82 Å². The highest BCUT2D eigenvalue weighted by molar-refractivity contribution is 5.85.